The van der Waals surface area contributed by atoms with Crippen LogP contribution in [0, 0.1) is 5.92 Å². The molecule has 1 N–H and O–H groups in total. The summed E-state index contributed by atoms with van der Waals surface area (Å²) < 4.78 is 0. The zero-order valence-corrected chi connectivity index (χ0v) is 5.42. The number of carbonyl (C=O) groups excluding carboxylic acids is 1. The van der Waals surface area contributed by atoms with Crippen molar-refractivity contribution in [3.63, 3.8) is 0 Å². The zero-order valence-electron chi connectivity index (χ0n) is 5.42. The van der Waals surface area contributed by atoms with Gasteiger partial charge in [0.2, 0.25) is 0 Å². The van der Waals surface area contributed by atoms with Crippen LogP contribution in [0.3, 0.4) is 0 Å². The van der Waals surface area contributed by atoms with E-state index in [1.807, 2.05) is 0 Å². The van der Waals surface area contributed by atoms with Crippen LogP contribution in [0.2, 0.25) is 0 Å². The van der Waals surface area contributed by atoms with E-state index < -0.39 is 6.10 Å². The van der Waals surface area contributed by atoms with Gasteiger partial charge in [-0.3, -0.25) is 0 Å². The fourth-order valence-corrected chi connectivity index (χ4v) is 0.881. The van der Waals surface area contributed by atoms with Crippen LogP contribution in [0.5, 0.6) is 0 Å². The molecule has 1 aliphatic carbocycles. The summed E-state index contributed by atoms with van der Waals surface area (Å²) in [5.74, 6) is 0.819. The Balaban J connectivity index is 1.95. The molecule has 0 aromatic carbocycles. The second-order valence-corrected chi connectivity index (χ2v) is 2.72. The van der Waals surface area contributed by atoms with Gasteiger partial charge in [0.25, 0.3) is 0 Å². The quantitative estimate of drug-likeness (QED) is 0.567. The topological polar surface area (TPSA) is 37.3 Å². The van der Waals surface area contributed by atoms with Crippen molar-refractivity contribution in [1.29, 1.82) is 0 Å². The molecule has 2 heteroatoms. The molecule has 0 aromatic heterocycles. The summed E-state index contributed by atoms with van der Waals surface area (Å²) in [7, 11) is 0. The molecule has 1 unspecified atom stereocenters. The van der Waals surface area contributed by atoms with Gasteiger partial charge >= 0.3 is 0 Å². The van der Waals surface area contributed by atoms with Crippen molar-refractivity contribution in [3.8, 4) is 0 Å². The highest BCUT2D eigenvalue weighted by molar-refractivity contribution is 5.55. The molecule has 1 atom stereocenters. The Kier molecular flexibility index (Phi) is 2.22. The van der Waals surface area contributed by atoms with Gasteiger partial charge in [-0.05, 0) is 18.8 Å². The van der Waals surface area contributed by atoms with E-state index in [2.05, 4.69) is 0 Å². The van der Waals surface area contributed by atoms with Crippen molar-refractivity contribution in [2.24, 2.45) is 5.92 Å². The molecule has 1 aliphatic rings. The Morgan fingerprint density at radius 2 is 2.33 bits per heavy atom. The van der Waals surface area contributed by atoms with Gasteiger partial charge in [0, 0.05) is 0 Å². The lowest BCUT2D eigenvalue weighted by Gasteiger charge is -1.98. The Bertz CT molecular complexity index is 97.1. The van der Waals surface area contributed by atoms with Crippen molar-refractivity contribution in [2.45, 2.75) is 31.8 Å². The number of aliphatic hydroxyl groups excluding tert-OH is 1. The van der Waals surface area contributed by atoms with Crippen LogP contribution in [-0.4, -0.2) is 17.5 Å². The molecule has 0 amide bonds. The van der Waals surface area contributed by atoms with E-state index in [1.165, 1.54) is 12.8 Å². The first-order valence-electron chi connectivity index (χ1n) is 3.46. The number of hydrogen-bond donors (Lipinski definition) is 1. The van der Waals surface area contributed by atoms with Gasteiger partial charge in [-0.2, -0.15) is 0 Å². The Labute approximate surface area is 54.9 Å². The summed E-state index contributed by atoms with van der Waals surface area (Å²) in [6, 6.07) is 0. The second-order valence-electron chi connectivity index (χ2n) is 2.72. The average Bonchev–Trinajstić information content (AvgIpc) is 2.65. The van der Waals surface area contributed by atoms with E-state index in [9.17, 15) is 4.79 Å². The molecular weight excluding hydrogens is 116 g/mol. The lowest BCUT2D eigenvalue weighted by Crippen LogP contribution is -2.07. The number of rotatable bonds is 4. The molecule has 1 saturated carbocycles. The van der Waals surface area contributed by atoms with E-state index in [0.717, 1.165) is 12.3 Å². The van der Waals surface area contributed by atoms with Gasteiger partial charge in [0.15, 0.2) is 0 Å². The van der Waals surface area contributed by atoms with Crippen molar-refractivity contribution in [2.75, 3.05) is 0 Å². The van der Waals surface area contributed by atoms with Crippen LogP contribution < -0.4 is 0 Å². The van der Waals surface area contributed by atoms with Crippen molar-refractivity contribution in [3.05, 3.63) is 0 Å². The lowest BCUT2D eigenvalue weighted by atomic mass is 10.1. The minimum atomic E-state index is -0.703. The van der Waals surface area contributed by atoms with Crippen LogP contribution in [0.15, 0.2) is 0 Å². The van der Waals surface area contributed by atoms with E-state index in [0.29, 0.717) is 12.7 Å². The molecular formula is C7H12O2. The molecule has 1 fully saturated rings. The molecule has 2 nitrogen and oxygen atoms in total. The van der Waals surface area contributed by atoms with E-state index in [1.54, 1.807) is 0 Å². The first kappa shape index (κ1) is 6.75. The maximum Gasteiger partial charge on any atom is 0.148 e. The molecule has 9 heavy (non-hydrogen) atoms. The predicted molar refractivity (Wildman–Crippen MR) is 34.0 cm³/mol. The molecule has 52 valence electrons. The van der Waals surface area contributed by atoms with E-state index >= 15 is 0 Å². The largest absolute Gasteiger partial charge is 0.386 e. The van der Waals surface area contributed by atoms with Crippen LogP contribution in [0.4, 0.5) is 0 Å². The Hall–Kier alpha value is -0.370. The third-order valence-corrected chi connectivity index (χ3v) is 1.72. The molecule has 0 saturated heterocycles. The smallest absolute Gasteiger partial charge is 0.148 e. The van der Waals surface area contributed by atoms with Gasteiger partial charge in [-0.15, -0.1) is 0 Å². The standard InChI is InChI=1S/C7H12O2/c8-5-7(9)4-3-6-1-2-6/h5-7,9H,1-4H2. The van der Waals surface area contributed by atoms with Crippen LogP contribution in [0.25, 0.3) is 0 Å². The SMILES string of the molecule is O=CC(O)CCC1CC1. The average molecular weight is 128 g/mol. The van der Waals surface area contributed by atoms with Crippen LogP contribution >= 0.6 is 0 Å². The maximum absolute atomic E-state index is 9.89. The highest BCUT2D eigenvalue weighted by Gasteiger charge is 2.21. The number of carbonyl (C=O) groups is 1. The lowest BCUT2D eigenvalue weighted by molar-refractivity contribution is -0.115. The predicted octanol–water partition coefficient (Wildman–Crippen LogP) is 0.736. The van der Waals surface area contributed by atoms with Crippen molar-refractivity contribution < 1.29 is 9.90 Å². The highest BCUT2D eigenvalue weighted by Crippen LogP contribution is 2.33. The zero-order chi connectivity index (χ0) is 6.69. The summed E-state index contributed by atoms with van der Waals surface area (Å²) in [4.78, 5) is 9.89. The molecule has 0 spiro atoms. The molecule has 0 bridgehead atoms. The van der Waals surface area contributed by atoms with Gasteiger partial charge < -0.3 is 9.90 Å². The maximum atomic E-state index is 9.89. The highest BCUT2D eigenvalue weighted by atomic mass is 16.3. The molecule has 1 rings (SSSR count). The number of aliphatic hydroxyl groups is 1. The third-order valence-electron chi connectivity index (χ3n) is 1.72. The van der Waals surface area contributed by atoms with Crippen LogP contribution in [0.1, 0.15) is 25.7 Å². The van der Waals surface area contributed by atoms with Gasteiger partial charge in [-0.1, -0.05) is 12.8 Å². The van der Waals surface area contributed by atoms with Crippen molar-refractivity contribution >= 4 is 6.29 Å². The third kappa shape index (κ3) is 2.61. The fourth-order valence-electron chi connectivity index (χ4n) is 0.881. The van der Waals surface area contributed by atoms with E-state index in [-0.39, 0.29) is 0 Å². The second kappa shape index (κ2) is 2.97. The first-order valence-corrected chi connectivity index (χ1v) is 3.46. The fraction of sp³-hybridized carbons (Fsp3) is 0.857. The monoisotopic (exact) mass is 128 g/mol. The van der Waals surface area contributed by atoms with Gasteiger partial charge in [0.05, 0.1) is 0 Å². The molecule has 0 heterocycles. The number of hydrogen-bond acceptors (Lipinski definition) is 2. The molecule has 0 aromatic rings. The minimum Gasteiger partial charge on any atom is -0.386 e. The normalized spacial score (nSPS) is 21.4. The summed E-state index contributed by atoms with van der Waals surface area (Å²) in [5.41, 5.74) is 0. The van der Waals surface area contributed by atoms with Crippen molar-refractivity contribution in [1.82, 2.24) is 0 Å². The minimum absolute atomic E-state index is 0.613. The van der Waals surface area contributed by atoms with E-state index in [4.69, 9.17) is 5.11 Å². The van der Waals surface area contributed by atoms with Gasteiger partial charge in [-0.25, -0.2) is 0 Å². The Morgan fingerprint density at radius 1 is 1.67 bits per heavy atom. The van der Waals surface area contributed by atoms with Crippen LogP contribution in [-0.2, 0) is 4.79 Å². The molecule has 0 aliphatic heterocycles. The molecule has 0 radical (unpaired) electrons. The summed E-state index contributed by atoms with van der Waals surface area (Å²) in [6.45, 7) is 0. The summed E-state index contributed by atoms with van der Waals surface area (Å²) in [6.07, 6.45) is 4.19. The number of aldehydes is 1. The Morgan fingerprint density at radius 3 is 2.78 bits per heavy atom. The first-order chi connectivity index (χ1) is 4.33. The van der Waals surface area contributed by atoms with Gasteiger partial charge in [0.1, 0.15) is 12.4 Å². The summed E-state index contributed by atoms with van der Waals surface area (Å²) >= 11 is 0. The summed E-state index contributed by atoms with van der Waals surface area (Å²) in [5, 5.41) is 8.77.